The van der Waals surface area contributed by atoms with Crippen molar-refractivity contribution in [2.45, 2.75) is 76.0 Å². The lowest BCUT2D eigenvalue weighted by Gasteiger charge is -2.35. The van der Waals surface area contributed by atoms with E-state index < -0.39 is 40.5 Å². The van der Waals surface area contributed by atoms with Crippen LogP contribution in [0.3, 0.4) is 0 Å². The zero-order valence-corrected chi connectivity index (χ0v) is 20.8. The van der Waals surface area contributed by atoms with Gasteiger partial charge >= 0.3 is 18.2 Å². The van der Waals surface area contributed by atoms with E-state index in [0.29, 0.717) is 43.5 Å². The smallest absolute Gasteiger partial charge is 0.427 e. The maximum absolute atomic E-state index is 13.6. The van der Waals surface area contributed by atoms with Crippen LogP contribution in [0.15, 0.2) is 27.3 Å². The molecule has 2 aliphatic rings. The van der Waals surface area contributed by atoms with Gasteiger partial charge in [-0.2, -0.15) is 26.9 Å². The van der Waals surface area contributed by atoms with Crippen LogP contribution in [0.25, 0.3) is 0 Å². The highest BCUT2D eigenvalue weighted by molar-refractivity contribution is 9.10. The van der Waals surface area contributed by atoms with Crippen molar-refractivity contribution < 1.29 is 36.0 Å². The Morgan fingerprint density at radius 1 is 1.17 bits per heavy atom. The molecule has 0 N–H and O–H groups in total. The molecule has 1 amide bonds. The fourth-order valence-electron chi connectivity index (χ4n) is 4.91. The van der Waals surface area contributed by atoms with Gasteiger partial charge in [0.1, 0.15) is 5.82 Å². The number of hydrogen-bond donors (Lipinski definition) is 0. The Morgan fingerprint density at radius 3 is 2.37 bits per heavy atom. The largest absolute Gasteiger partial charge is 0.433 e. The molecule has 0 saturated heterocycles. The van der Waals surface area contributed by atoms with Gasteiger partial charge < -0.3 is 9.26 Å². The summed E-state index contributed by atoms with van der Waals surface area (Å²) in [4.78, 5) is 22.3. The lowest BCUT2D eigenvalue weighted by molar-refractivity contribution is -0.243. The SMILES string of the molecule is CC(F)(F)c1nc(C23CCC(CN(C(=O)OC(C)(C)C(F)(F)F)c4cc(Br)ccn4)(CC2)C3)no1. The molecule has 7 nitrogen and oxygen atoms in total. The van der Waals surface area contributed by atoms with E-state index in [1.165, 1.54) is 12.3 Å². The molecule has 0 aromatic carbocycles. The average Bonchev–Trinajstić information content (AvgIpc) is 3.45. The quantitative estimate of drug-likeness (QED) is 0.370. The van der Waals surface area contributed by atoms with Crippen LogP contribution in [0, 0.1) is 5.41 Å². The number of nitrogens with zero attached hydrogens (tertiary/aromatic N) is 4. The second-order valence-electron chi connectivity index (χ2n) is 10.1. The lowest BCUT2D eigenvalue weighted by atomic mass is 9.81. The summed E-state index contributed by atoms with van der Waals surface area (Å²) in [7, 11) is 0. The summed E-state index contributed by atoms with van der Waals surface area (Å²) in [5.41, 5.74) is -3.81. The molecule has 0 spiro atoms. The molecule has 2 saturated carbocycles. The first-order chi connectivity index (χ1) is 16.1. The minimum atomic E-state index is -4.77. The minimum Gasteiger partial charge on any atom is -0.433 e. The Labute approximate surface area is 206 Å². The average molecular weight is 567 g/mol. The maximum Gasteiger partial charge on any atom is 0.427 e. The number of halogens is 6. The number of alkyl halides is 5. The van der Waals surface area contributed by atoms with E-state index in [1.54, 1.807) is 6.07 Å². The number of fused-ring (bicyclic) bond motifs is 2. The van der Waals surface area contributed by atoms with Gasteiger partial charge in [0.2, 0.25) is 5.60 Å². The van der Waals surface area contributed by atoms with E-state index in [4.69, 9.17) is 9.26 Å². The van der Waals surface area contributed by atoms with Crippen LogP contribution in [0.1, 0.15) is 64.6 Å². The third-order valence-electron chi connectivity index (χ3n) is 6.98. The van der Waals surface area contributed by atoms with Crippen molar-refractivity contribution in [2.24, 2.45) is 5.41 Å². The van der Waals surface area contributed by atoms with Gasteiger partial charge in [-0.15, -0.1) is 0 Å². The second-order valence-corrected chi connectivity index (χ2v) is 11.0. The normalized spacial score (nSPS) is 24.6. The number of rotatable bonds is 6. The number of aromatic nitrogens is 3. The Hall–Kier alpha value is -2.31. The van der Waals surface area contributed by atoms with Gasteiger partial charge in [-0.3, -0.25) is 4.90 Å². The molecule has 2 aromatic rings. The number of anilines is 1. The molecule has 2 fully saturated rings. The molecule has 2 bridgehead atoms. The van der Waals surface area contributed by atoms with Crippen LogP contribution >= 0.6 is 15.9 Å². The van der Waals surface area contributed by atoms with Crippen LogP contribution in [0.4, 0.5) is 32.6 Å². The lowest BCUT2D eigenvalue weighted by Crippen LogP contribution is -2.49. The molecule has 192 valence electrons. The van der Waals surface area contributed by atoms with Crippen molar-refractivity contribution in [1.82, 2.24) is 15.1 Å². The molecule has 13 heteroatoms. The Morgan fingerprint density at radius 2 is 1.83 bits per heavy atom. The highest BCUT2D eigenvalue weighted by Crippen LogP contribution is 2.62. The van der Waals surface area contributed by atoms with Crippen LogP contribution < -0.4 is 4.90 Å². The summed E-state index contributed by atoms with van der Waals surface area (Å²) < 4.78 is 77.7. The summed E-state index contributed by atoms with van der Waals surface area (Å²) in [6, 6.07) is 3.14. The molecule has 2 heterocycles. The van der Waals surface area contributed by atoms with Gasteiger partial charge in [-0.05, 0) is 63.5 Å². The minimum absolute atomic E-state index is 0.0413. The Kier molecular flexibility index (Phi) is 6.17. The van der Waals surface area contributed by atoms with Crippen LogP contribution in [0.2, 0.25) is 0 Å². The van der Waals surface area contributed by atoms with Crippen molar-refractivity contribution in [1.29, 1.82) is 0 Å². The van der Waals surface area contributed by atoms with Crippen molar-refractivity contribution in [3.05, 3.63) is 34.5 Å². The summed E-state index contributed by atoms with van der Waals surface area (Å²) >= 11 is 3.29. The summed E-state index contributed by atoms with van der Waals surface area (Å²) in [5, 5.41) is 3.81. The molecular weight excluding hydrogens is 543 g/mol. The highest BCUT2D eigenvalue weighted by atomic mass is 79.9. The predicted octanol–water partition coefficient (Wildman–Crippen LogP) is 6.52. The third kappa shape index (κ3) is 4.88. The second kappa shape index (κ2) is 8.38. The monoisotopic (exact) mass is 566 g/mol. The number of hydrogen-bond acceptors (Lipinski definition) is 6. The molecule has 0 aliphatic heterocycles. The molecule has 4 rings (SSSR count). The van der Waals surface area contributed by atoms with E-state index >= 15 is 0 Å². The van der Waals surface area contributed by atoms with E-state index in [2.05, 4.69) is 31.1 Å². The van der Waals surface area contributed by atoms with E-state index in [1.807, 2.05) is 0 Å². The van der Waals surface area contributed by atoms with Gasteiger partial charge in [0.05, 0.1) is 0 Å². The molecule has 0 unspecified atom stereocenters. The summed E-state index contributed by atoms with van der Waals surface area (Å²) in [6.45, 7) is 2.28. The first kappa shape index (κ1) is 25.8. The third-order valence-corrected chi connectivity index (χ3v) is 7.47. The predicted molar refractivity (Wildman–Crippen MR) is 117 cm³/mol. The van der Waals surface area contributed by atoms with Gasteiger partial charge in [0.25, 0.3) is 5.89 Å². The van der Waals surface area contributed by atoms with Crippen molar-refractivity contribution >= 4 is 27.8 Å². The van der Waals surface area contributed by atoms with E-state index in [-0.39, 0.29) is 18.2 Å². The standard InChI is InChI=1S/C22H24BrF5N4O3/c1-18(2,22(26,27)28)34-17(33)32(14-10-13(23)4-9-29-14)12-20-5-7-21(11-20,8-6-20)15-30-16(35-31-15)19(3,24)25/h4,9-10H,5-8,11-12H2,1-3H3. The zero-order valence-electron chi connectivity index (χ0n) is 19.3. The van der Waals surface area contributed by atoms with Gasteiger partial charge in [-0.25, -0.2) is 9.78 Å². The number of ether oxygens (including phenoxy) is 1. The summed E-state index contributed by atoms with van der Waals surface area (Å²) in [6.07, 6.45) is -1.72. The number of amides is 1. The van der Waals surface area contributed by atoms with Crippen molar-refractivity contribution in [3.8, 4) is 0 Å². The number of carbonyl (C=O) groups is 1. The van der Waals surface area contributed by atoms with Crippen LogP contribution in [0.5, 0.6) is 0 Å². The molecule has 0 atom stereocenters. The molecule has 0 radical (unpaired) electrons. The van der Waals surface area contributed by atoms with Crippen LogP contribution in [-0.2, 0) is 16.1 Å². The Bertz CT molecular complexity index is 1110. The molecular formula is C22H24BrF5N4O3. The van der Waals surface area contributed by atoms with E-state index in [9.17, 15) is 26.7 Å². The zero-order chi connectivity index (χ0) is 25.9. The first-order valence-electron chi connectivity index (χ1n) is 11.0. The molecule has 35 heavy (non-hydrogen) atoms. The molecule has 2 aromatic heterocycles. The van der Waals surface area contributed by atoms with Gasteiger partial charge in [0, 0.05) is 29.6 Å². The van der Waals surface area contributed by atoms with E-state index in [0.717, 1.165) is 18.7 Å². The number of pyridine rings is 1. The van der Waals surface area contributed by atoms with Gasteiger partial charge in [0.15, 0.2) is 5.82 Å². The van der Waals surface area contributed by atoms with Gasteiger partial charge in [-0.1, -0.05) is 21.1 Å². The fourth-order valence-corrected chi connectivity index (χ4v) is 5.23. The maximum atomic E-state index is 13.6. The topological polar surface area (TPSA) is 81.4 Å². The summed E-state index contributed by atoms with van der Waals surface area (Å²) in [5.74, 6) is -3.70. The fraction of sp³-hybridized carbons (Fsp3) is 0.636. The molecule has 2 aliphatic carbocycles. The Balaban J connectivity index is 1.61. The van der Waals surface area contributed by atoms with Crippen LogP contribution in [-0.4, -0.2) is 39.5 Å². The van der Waals surface area contributed by atoms with Crippen molar-refractivity contribution in [2.75, 3.05) is 11.4 Å². The highest BCUT2D eigenvalue weighted by Gasteiger charge is 2.59. The van der Waals surface area contributed by atoms with Crippen molar-refractivity contribution in [3.63, 3.8) is 0 Å². The number of carbonyl (C=O) groups excluding carboxylic acids is 1. The first-order valence-corrected chi connectivity index (χ1v) is 11.8.